The summed E-state index contributed by atoms with van der Waals surface area (Å²) in [4.78, 5) is 39.8. The molecule has 2 N–H and O–H groups in total. The van der Waals surface area contributed by atoms with Crippen LogP contribution in [0.15, 0.2) is 51.7 Å². The lowest BCUT2D eigenvalue weighted by atomic mass is 10.1. The number of amides is 2. The summed E-state index contributed by atoms with van der Waals surface area (Å²) in [7, 11) is 1.60. The zero-order chi connectivity index (χ0) is 26.6. The van der Waals surface area contributed by atoms with Gasteiger partial charge in [0.05, 0.1) is 12.6 Å². The average molecular weight is 537 g/mol. The number of nitrogens with one attached hydrogen (secondary N) is 2. The smallest absolute Gasteiger partial charge is 0.420 e. The molecule has 1 aliphatic rings. The zero-order valence-corrected chi connectivity index (χ0v) is 21.8. The first-order valence-electron chi connectivity index (χ1n) is 12.4. The van der Waals surface area contributed by atoms with Crippen LogP contribution in [-0.4, -0.2) is 56.2 Å². The third-order valence-electron chi connectivity index (χ3n) is 6.62. The monoisotopic (exact) mass is 536 g/mol. The predicted molar refractivity (Wildman–Crippen MR) is 144 cm³/mol. The van der Waals surface area contributed by atoms with Crippen LogP contribution in [0.1, 0.15) is 25.7 Å². The minimum atomic E-state index is -0.603. The topological polar surface area (TPSA) is 127 Å². The van der Waals surface area contributed by atoms with E-state index >= 15 is 0 Å². The van der Waals surface area contributed by atoms with Gasteiger partial charge in [0.2, 0.25) is 11.8 Å². The first-order chi connectivity index (χ1) is 18.4. The second kappa shape index (κ2) is 11.1. The maximum absolute atomic E-state index is 12.8. The van der Waals surface area contributed by atoms with E-state index in [-0.39, 0.29) is 24.8 Å². The molecular formula is C26H28N6O5S. The summed E-state index contributed by atoms with van der Waals surface area (Å²) in [5.74, 6) is 0.384. The number of carbonyl (C=O) groups excluding carboxylic acids is 2. The van der Waals surface area contributed by atoms with E-state index in [0.717, 1.165) is 30.6 Å². The molecule has 0 radical (unpaired) electrons. The molecule has 0 bridgehead atoms. The van der Waals surface area contributed by atoms with Gasteiger partial charge in [-0.25, -0.2) is 4.79 Å². The Hall–Kier alpha value is -4.19. The second-order valence-corrected chi connectivity index (χ2v) is 9.50. The first-order valence-corrected chi connectivity index (χ1v) is 12.8. The number of aromatic amines is 1. The SMILES string of the molecule is COc1ccc(-c2n[nH]c(=S)n2CCC(=O)Nc2ccc3oc(=O)n(CC(=O)N4CCCCC4)c3c2)cc1. The lowest BCUT2D eigenvalue weighted by Crippen LogP contribution is -2.39. The second-order valence-electron chi connectivity index (χ2n) is 9.11. The molecule has 38 heavy (non-hydrogen) atoms. The van der Waals surface area contributed by atoms with Crippen molar-refractivity contribution in [2.75, 3.05) is 25.5 Å². The van der Waals surface area contributed by atoms with Crippen LogP contribution in [-0.2, 0) is 22.7 Å². The molecule has 1 fully saturated rings. The van der Waals surface area contributed by atoms with Crippen LogP contribution in [0.4, 0.5) is 5.69 Å². The standard InChI is InChI=1S/C26H28N6O5S/c1-36-19-8-5-17(6-9-19)24-28-29-25(38)31(24)14-11-22(33)27-18-7-10-21-20(15-18)32(26(35)37-21)16-23(34)30-12-3-2-4-13-30/h5-10,15H,2-4,11-14,16H2,1H3,(H,27,33)(H,29,38). The number of fused-ring (bicyclic) bond motifs is 1. The van der Waals surface area contributed by atoms with E-state index < -0.39 is 5.76 Å². The van der Waals surface area contributed by atoms with Gasteiger partial charge in [0.15, 0.2) is 16.2 Å². The Morgan fingerprint density at radius 3 is 2.61 bits per heavy atom. The molecule has 11 nitrogen and oxygen atoms in total. The van der Waals surface area contributed by atoms with Crippen molar-refractivity contribution in [2.24, 2.45) is 0 Å². The molecule has 1 saturated heterocycles. The van der Waals surface area contributed by atoms with Crippen molar-refractivity contribution in [2.45, 2.75) is 38.8 Å². The Balaban J connectivity index is 1.27. The average Bonchev–Trinajstić information content (AvgIpc) is 3.46. The third kappa shape index (κ3) is 5.40. The molecule has 2 aromatic heterocycles. The highest BCUT2D eigenvalue weighted by molar-refractivity contribution is 7.71. The van der Waals surface area contributed by atoms with Crippen molar-refractivity contribution in [3.05, 3.63) is 57.8 Å². The minimum absolute atomic E-state index is 0.101. The number of oxazole rings is 1. The van der Waals surface area contributed by atoms with Gasteiger partial charge < -0.3 is 19.4 Å². The van der Waals surface area contributed by atoms with Crippen LogP contribution in [0.2, 0.25) is 0 Å². The Bertz CT molecular complexity index is 1580. The first kappa shape index (κ1) is 25.5. The van der Waals surface area contributed by atoms with Crippen LogP contribution in [0.5, 0.6) is 5.75 Å². The fraction of sp³-hybridized carbons (Fsp3) is 0.346. The molecule has 0 saturated carbocycles. The highest BCUT2D eigenvalue weighted by atomic mass is 32.1. The molecule has 198 valence electrons. The van der Waals surface area contributed by atoms with E-state index in [9.17, 15) is 14.4 Å². The molecule has 2 aromatic carbocycles. The number of rotatable bonds is 8. The molecule has 0 atom stereocenters. The molecule has 12 heteroatoms. The number of methoxy groups -OCH3 is 1. The zero-order valence-electron chi connectivity index (χ0n) is 20.9. The third-order valence-corrected chi connectivity index (χ3v) is 6.93. The summed E-state index contributed by atoms with van der Waals surface area (Å²) in [6.45, 7) is 1.61. The van der Waals surface area contributed by atoms with E-state index in [1.807, 2.05) is 24.3 Å². The number of benzene rings is 2. The van der Waals surface area contributed by atoms with Gasteiger partial charge in [0.1, 0.15) is 12.3 Å². The summed E-state index contributed by atoms with van der Waals surface area (Å²) in [6, 6.07) is 12.3. The van der Waals surface area contributed by atoms with Crippen LogP contribution in [0.3, 0.4) is 0 Å². The van der Waals surface area contributed by atoms with Crippen molar-refractivity contribution < 1.29 is 18.7 Å². The number of aromatic nitrogens is 4. The predicted octanol–water partition coefficient (Wildman–Crippen LogP) is 3.57. The number of H-pyrrole nitrogens is 1. The van der Waals surface area contributed by atoms with E-state index in [0.29, 0.717) is 47.0 Å². The number of hydrogen-bond acceptors (Lipinski definition) is 7. The van der Waals surface area contributed by atoms with Gasteiger partial charge in [0.25, 0.3) is 0 Å². The number of piperidine rings is 1. The van der Waals surface area contributed by atoms with Crippen molar-refractivity contribution in [1.82, 2.24) is 24.2 Å². The summed E-state index contributed by atoms with van der Waals surface area (Å²) in [5.41, 5.74) is 2.14. The number of likely N-dealkylation sites (tertiary alicyclic amines) is 1. The number of ether oxygens (including phenoxy) is 1. The van der Waals surface area contributed by atoms with Crippen LogP contribution in [0, 0.1) is 4.77 Å². The molecule has 1 aliphatic heterocycles. The van der Waals surface area contributed by atoms with E-state index in [1.54, 1.807) is 34.8 Å². The molecule has 0 unspecified atom stereocenters. The van der Waals surface area contributed by atoms with Gasteiger partial charge in [-0.05, 0) is 73.9 Å². The summed E-state index contributed by atoms with van der Waals surface area (Å²) >= 11 is 5.37. The Labute approximate surface area is 223 Å². The normalized spacial score (nSPS) is 13.6. The number of carbonyl (C=O) groups is 2. The Morgan fingerprint density at radius 2 is 1.87 bits per heavy atom. The highest BCUT2D eigenvalue weighted by Crippen LogP contribution is 2.22. The molecule has 0 aliphatic carbocycles. The van der Waals surface area contributed by atoms with Crippen molar-refractivity contribution in [3.63, 3.8) is 0 Å². The van der Waals surface area contributed by atoms with Gasteiger partial charge >= 0.3 is 5.76 Å². The fourth-order valence-corrected chi connectivity index (χ4v) is 4.81. The lowest BCUT2D eigenvalue weighted by molar-refractivity contribution is -0.132. The van der Waals surface area contributed by atoms with Crippen LogP contribution in [0.25, 0.3) is 22.5 Å². The Morgan fingerprint density at radius 1 is 1.11 bits per heavy atom. The van der Waals surface area contributed by atoms with E-state index in [1.165, 1.54) is 4.57 Å². The summed E-state index contributed by atoms with van der Waals surface area (Å²) in [5, 5.41) is 9.95. The van der Waals surface area contributed by atoms with Gasteiger partial charge in [-0.2, -0.15) is 5.10 Å². The van der Waals surface area contributed by atoms with Gasteiger partial charge in [-0.1, -0.05) is 0 Å². The van der Waals surface area contributed by atoms with Gasteiger partial charge in [0, 0.05) is 37.3 Å². The molecule has 4 aromatic rings. The van der Waals surface area contributed by atoms with Gasteiger partial charge in [-0.15, -0.1) is 0 Å². The largest absolute Gasteiger partial charge is 0.497 e. The number of nitrogens with zero attached hydrogens (tertiary/aromatic N) is 4. The fourth-order valence-electron chi connectivity index (χ4n) is 4.59. The Kier molecular flexibility index (Phi) is 7.40. The maximum atomic E-state index is 12.8. The molecule has 0 spiro atoms. The molecule has 2 amide bonds. The van der Waals surface area contributed by atoms with Crippen LogP contribution >= 0.6 is 12.2 Å². The summed E-state index contributed by atoms with van der Waals surface area (Å²) < 4.78 is 14.0. The summed E-state index contributed by atoms with van der Waals surface area (Å²) in [6.07, 6.45) is 3.18. The van der Waals surface area contributed by atoms with E-state index in [4.69, 9.17) is 21.4 Å². The molecular weight excluding hydrogens is 508 g/mol. The van der Waals surface area contributed by atoms with Crippen molar-refractivity contribution in [3.8, 4) is 17.1 Å². The number of anilines is 1. The molecule has 5 rings (SSSR count). The van der Waals surface area contributed by atoms with Crippen molar-refractivity contribution in [1.29, 1.82) is 0 Å². The lowest BCUT2D eigenvalue weighted by Gasteiger charge is -2.26. The van der Waals surface area contributed by atoms with Crippen molar-refractivity contribution >= 4 is 40.8 Å². The highest BCUT2D eigenvalue weighted by Gasteiger charge is 2.20. The quantitative estimate of drug-likeness (QED) is 0.330. The maximum Gasteiger partial charge on any atom is 0.420 e. The van der Waals surface area contributed by atoms with E-state index in [2.05, 4.69) is 15.5 Å². The van der Waals surface area contributed by atoms with Gasteiger partial charge in [-0.3, -0.25) is 23.8 Å². The number of hydrogen-bond donors (Lipinski definition) is 2. The van der Waals surface area contributed by atoms with Crippen LogP contribution < -0.4 is 15.8 Å². The molecule has 3 heterocycles. The minimum Gasteiger partial charge on any atom is -0.497 e.